The monoisotopic (exact) mass is 464 g/mol. The van der Waals surface area contributed by atoms with Gasteiger partial charge in [-0.15, -0.1) is 24.0 Å². The number of nitrogens with one attached hydrogen (secondary N) is 1. The minimum atomic E-state index is -0.0491. The van der Waals surface area contributed by atoms with Gasteiger partial charge in [0, 0.05) is 46.4 Å². The number of hydrogen-bond acceptors (Lipinski definition) is 4. The van der Waals surface area contributed by atoms with E-state index in [4.69, 9.17) is 9.15 Å². The SMILES string of the molecule is CCCCOCCNC(=NC)N1CCN(C(=O)c2ccco2)CC1.I. The van der Waals surface area contributed by atoms with Gasteiger partial charge in [0.05, 0.1) is 12.9 Å². The molecule has 1 aromatic rings. The molecule has 0 atom stereocenters. The number of rotatable bonds is 7. The van der Waals surface area contributed by atoms with E-state index in [9.17, 15) is 4.79 Å². The summed E-state index contributed by atoms with van der Waals surface area (Å²) in [5, 5.41) is 3.32. The molecule has 0 spiro atoms. The van der Waals surface area contributed by atoms with Crippen molar-refractivity contribution in [2.75, 3.05) is 53.0 Å². The second-order valence-electron chi connectivity index (χ2n) is 5.70. The fraction of sp³-hybridized carbons (Fsp3) is 0.647. The zero-order valence-corrected chi connectivity index (χ0v) is 17.4. The van der Waals surface area contributed by atoms with E-state index in [-0.39, 0.29) is 29.9 Å². The zero-order valence-electron chi connectivity index (χ0n) is 15.1. The van der Waals surface area contributed by atoms with Crippen molar-refractivity contribution in [3.8, 4) is 0 Å². The van der Waals surface area contributed by atoms with Crippen LogP contribution >= 0.6 is 24.0 Å². The molecular weight excluding hydrogens is 435 g/mol. The Labute approximate surface area is 166 Å². The van der Waals surface area contributed by atoms with Gasteiger partial charge in [0.15, 0.2) is 11.7 Å². The maximum Gasteiger partial charge on any atom is 0.289 e. The molecule has 1 N–H and O–H groups in total. The van der Waals surface area contributed by atoms with Crippen molar-refractivity contribution in [1.82, 2.24) is 15.1 Å². The average Bonchev–Trinajstić information content (AvgIpc) is 3.15. The molecular formula is C17H29IN4O3. The molecule has 8 heteroatoms. The van der Waals surface area contributed by atoms with Crippen molar-refractivity contribution < 1.29 is 13.9 Å². The zero-order chi connectivity index (χ0) is 17.2. The number of guanidine groups is 1. The molecule has 142 valence electrons. The van der Waals surface area contributed by atoms with Crippen LogP contribution in [0.15, 0.2) is 27.8 Å². The van der Waals surface area contributed by atoms with Crippen molar-refractivity contribution in [2.24, 2.45) is 4.99 Å². The molecule has 1 amide bonds. The summed E-state index contributed by atoms with van der Waals surface area (Å²) in [6.07, 6.45) is 3.77. The number of ether oxygens (including phenoxy) is 1. The highest BCUT2D eigenvalue weighted by molar-refractivity contribution is 14.0. The highest BCUT2D eigenvalue weighted by atomic mass is 127. The van der Waals surface area contributed by atoms with Crippen LogP contribution in [0.4, 0.5) is 0 Å². The lowest BCUT2D eigenvalue weighted by atomic mass is 10.3. The van der Waals surface area contributed by atoms with E-state index < -0.39 is 0 Å². The average molecular weight is 464 g/mol. The van der Waals surface area contributed by atoms with Crippen molar-refractivity contribution in [2.45, 2.75) is 19.8 Å². The van der Waals surface area contributed by atoms with Crippen molar-refractivity contribution in [1.29, 1.82) is 0 Å². The number of piperazine rings is 1. The van der Waals surface area contributed by atoms with E-state index in [1.54, 1.807) is 19.2 Å². The first-order chi connectivity index (χ1) is 11.8. The fourth-order valence-electron chi connectivity index (χ4n) is 2.59. The largest absolute Gasteiger partial charge is 0.459 e. The molecule has 7 nitrogen and oxygen atoms in total. The Morgan fingerprint density at radius 3 is 2.60 bits per heavy atom. The van der Waals surface area contributed by atoms with Gasteiger partial charge < -0.3 is 24.3 Å². The van der Waals surface area contributed by atoms with E-state index in [1.165, 1.54) is 6.26 Å². The highest BCUT2D eigenvalue weighted by Gasteiger charge is 2.24. The van der Waals surface area contributed by atoms with Gasteiger partial charge in [0.1, 0.15) is 0 Å². The van der Waals surface area contributed by atoms with Crippen LogP contribution in [0.5, 0.6) is 0 Å². The third-order valence-corrected chi connectivity index (χ3v) is 3.98. The van der Waals surface area contributed by atoms with Crippen LogP contribution in [0.1, 0.15) is 30.3 Å². The molecule has 1 aliphatic heterocycles. The standard InChI is InChI=1S/C17H28N4O3.HI/c1-3-4-12-23-14-7-19-17(18-2)21-10-8-20(9-11-21)16(22)15-6-5-13-24-15;/h5-6,13H,3-4,7-12,14H2,1-2H3,(H,18,19);1H. The first-order valence-electron chi connectivity index (χ1n) is 8.62. The first-order valence-corrected chi connectivity index (χ1v) is 8.62. The Kier molecular flexibility index (Phi) is 10.6. The van der Waals surface area contributed by atoms with Crippen molar-refractivity contribution in [3.05, 3.63) is 24.2 Å². The summed E-state index contributed by atoms with van der Waals surface area (Å²) in [4.78, 5) is 20.6. The Morgan fingerprint density at radius 1 is 1.28 bits per heavy atom. The lowest BCUT2D eigenvalue weighted by Gasteiger charge is -2.36. The Morgan fingerprint density at radius 2 is 2.00 bits per heavy atom. The minimum Gasteiger partial charge on any atom is -0.459 e. The van der Waals surface area contributed by atoms with E-state index in [0.29, 0.717) is 25.5 Å². The summed E-state index contributed by atoms with van der Waals surface area (Å²) in [6, 6.07) is 3.44. The molecule has 25 heavy (non-hydrogen) atoms. The van der Waals surface area contributed by atoms with E-state index in [1.807, 2.05) is 4.90 Å². The van der Waals surface area contributed by atoms with Gasteiger partial charge in [-0.25, -0.2) is 0 Å². The number of unbranched alkanes of at least 4 members (excludes halogenated alkanes) is 1. The Balaban J connectivity index is 0.00000312. The number of nitrogens with zero attached hydrogens (tertiary/aromatic N) is 3. The summed E-state index contributed by atoms with van der Waals surface area (Å²) < 4.78 is 10.7. The number of amides is 1. The predicted molar refractivity (Wildman–Crippen MR) is 109 cm³/mol. The predicted octanol–water partition coefficient (Wildman–Crippen LogP) is 2.05. The molecule has 0 aliphatic carbocycles. The summed E-state index contributed by atoms with van der Waals surface area (Å²) in [7, 11) is 1.78. The number of furan rings is 1. The highest BCUT2D eigenvalue weighted by Crippen LogP contribution is 2.09. The van der Waals surface area contributed by atoms with Gasteiger partial charge in [-0.3, -0.25) is 9.79 Å². The summed E-state index contributed by atoms with van der Waals surface area (Å²) >= 11 is 0. The molecule has 0 saturated carbocycles. The molecule has 1 fully saturated rings. The van der Waals surface area contributed by atoms with Crippen LogP contribution in [0.25, 0.3) is 0 Å². The first kappa shape index (κ1) is 21.8. The van der Waals surface area contributed by atoms with Gasteiger partial charge in [-0.1, -0.05) is 13.3 Å². The smallest absolute Gasteiger partial charge is 0.289 e. The third-order valence-electron chi connectivity index (χ3n) is 3.98. The van der Waals surface area contributed by atoms with E-state index in [2.05, 4.69) is 22.1 Å². The Hall–Kier alpha value is -1.29. The fourth-order valence-corrected chi connectivity index (χ4v) is 2.59. The number of aliphatic imine (C=N–C) groups is 1. The van der Waals surface area contributed by atoms with Gasteiger partial charge in [-0.05, 0) is 18.6 Å². The number of carbonyl (C=O) groups excluding carboxylic acids is 1. The molecule has 1 saturated heterocycles. The summed E-state index contributed by atoms with van der Waals surface area (Å²) in [5.74, 6) is 1.21. The molecule has 0 unspecified atom stereocenters. The maximum absolute atomic E-state index is 12.3. The van der Waals surface area contributed by atoms with Crippen LogP contribution < -0.4 is 5.32 Å². The van der Waals surface area contributed by atoms with Crippen LogP contribution in [-0.4, -0.2) is 74.7 Å². The second-order valence-corrected chi connectivity index (χ2v) is 5.70. The van der Waals surface area contributed by atoms with Crippen molar-refractivity contribution in [3.63, 3.8) is 0 Å². The number of halogens is 1. The topological polar surface area (TPSA) is 70.3 Å². The quantitative estimate of drug-likeness (QED) is 0.290. The third kappa shape index (κ3) is 6.85. The molecule has 0 aromatic carbocycles. The van der Waals surface area contributed by atoms with Crippen LogP contribution in [0, 0.1) is 0 Å². The minimum absolute atomic E-state index is 0. The van der Waals surface area contributed by atoms with E-state index >= 15 is 0 Å². The van der Waals surface area contributed by atoms with Gasteiger partial charge in [0.25, 0.3) is 5.91 Å². The molecule has 0 radical (unpaired) electrons. The molecule has 1 aromatic heterocycles. The summed E-state index contributed by atoms with van der Waals surface area (Å²) in [6.45, 7) is 7.20. The number of carbonyl (C=O) groups is 1. The maximum atomic E-state index is 12.3. The van der Waals surface area contributed by atoms with Crippen LogP contribution in [0.3, 0.4) is 0 Å². The molecule has 2 rings (SSSR count). The van der Waals surface area contributed by atoms with Crippen LogP contribution in [-0.2, 0) is 4.74 Å². The van der Waals surface area contributed by atoms with E-state index in [0.717, 1.165) is 45.0 Å². The lowest BCUT2D eigenvalue weighted by molar-refractivity contribution is 0.0657. The normalized spacial score (nSPS) is 15.0. The van der Waals surface area contributed by atoms with Gasteiger partial charge in [-0.2, -0.15) is 0 Å². The van der Waals surface area contributed by atoms with Gasteiger partial charge in [0.2, 0.25) is 0 Å². The molecule has 0 bridgehead atoms. The van der Waals surface area contributed by atoms with Crippen LogP contribution in [0.2, 0.25) is 0 Å². The van der Waals surface area contributed by atoms with Crippen molar-refractivity contribution >= 4 is 35.8 Å². The molecule has 2 heterocycles. The lowest BCUT2D eigenvalue weighted by Crippen LogP contribution is -2.54. The summed E-state index contributed by atoms with van der Waals surface area (Å²) in [5.41, 5.74) is 0. The number of hydrogen-bond donors (Lipinski definition) is 1. The van der Waals surface area contributed by atoms with Gasteiger partial charge >= 0.3 is 0 Å². The Bertz CT molecular complexity index is 514. The second kappa shape index (κ2) is 12.1. The molecule has 1 aliphatic rings.